The summed E-state index contributed by atoms with van der Waals surface area (Å²) in [5.41, 5.74) is 2.09. The van der Waals surface area contributed by atoms with Gasteiger partial charge in [-0.15, -0.1) is 0 Å². The molecule has 134 valence electrons. The maximum atomic E-state index is 12.8. The van der Waals surface area contributed by atoms with Crippen LogP contribution in [0.15, 0.2) is 53.0 Å². The zero-order chi connectivity index (χ0) is 18.6. The predicted molar refractivity (Wildman–Crippen MR) is 105 cm³/mol. The standard InChI is InChI=1S/C18H21BrN2O3S/c1-4-17(18(22)20-16-8-6-5-7-15(16)19)21(25(3,23)24)14-11-9-13(2)10-12-14/h5-12,17H,4H2,1-3H3,(H,20,22)/t17-/m1/s1. The number of hydrogen-bond acceptors (Lipinski definition) is 3. The van der Waals surface area contributed by atoms with Crippen LogP contribution in [0.4, 0.5) is 11.4 Å². The van der Waals surface area contributed by atoms with Gasteiger partial charge in [-0.25, -0.2) is 8.42 Å². The van der Waals surface area contributed by atoms with Gasteiger partial charge in [-0.1, -0.05) is 36.8 Å². The first-order chi connectivity index (χ1) is 11.7. The van der Waals surface area contributed by atoms with Gasteiger partial charge in [0.2, 0.25) is 15.9 Å². The number of halogens is 1. The topological polar surface area (TPSA) is 66.5 Å². The van der Waals surface area contributed by atoms with E-state index in [1.165, 1.54) is 4.31 Å². The van der Waals surface area contributed by atoms with Gasteiger partial charge in [0.1, 0.15) is 6.04 Å². The minimum Gasteiger partial charge on any atom is -0.323 e. The predicted octanol–water partition coefficient (Wildman–Crippen LogP) is 3.94. The van der Waals surface area contributed by atoms with Crippen molar-refractivity contribution in [1.82, 2.24) is 0 Å². The molecule has 1 N–H and O–H groups in total. The normalized spacial score (nSPS) is 12.5. The summed E-state index contributed by atoms with van der Waals surface area (Å²) in [6.45, 7) is 3.71. The first kappa shape index (κ1) is 19.5. The first-order valence-corrected chi connectivity index (χ1v) is 10.5. The Labute approximate surface area is 157 Å². The Morgan fingerprint density at radius 1 is 1.16 bits per heavy atom. The van der Waals surface area contributed by atoms with E-state index in [0.717, 1.165) is 16.3 Å². The number of carbonyl (C=O) groups excluding carboxylic acids is 1. The average Bonchev–Trinajstić information content (AvgIpc) is 2.54. The lowest BCUT2D eigenvalue weighted by atomic mass is 10.1. The number of hydrogen-bond donors (Lipinski definition) is 1. The van der Waals surface area contributed by atoms with E-state index in [2.05, 4.69) is 21.2 Å². The van der Waals surface area contributed by atoms with E-state index in [9.17, 15) is 13.2 Å². The average molecular weight is 425 g/mol. The van der Waals surface area contributed by atoms with E-state index in [1.807, 2.05) is 31.2 Å². The lowest BCUT2D eigenvalue weighted by molar-refractivity contribution is -0.117. The smallest absolute Gasteiger partial charge is 0.248 e. The van der Waals surface area contributed by atoms with Gasteiger partial charge < -0.3 is 5.32 Å². The van der Waals surface area contributed by atoms with Crippen molar-refractivity contribution in [1.29, 1.82) is 0 Å². The number of amides is 1. The van der Waals surface area contributed by atoms with Gasteiger partial charge in [-0.2, -0.15) is 0 Å². The minimum absolute atomic E-state index is 0.344. The summed E-state index contributed by atoms with van der Waals surface area (Å²) in [4.78, 5) is 12.8. The molecule has 0 aromatic heterocycles. The molecule has 0 spiro atoms. The minimum atomic E-state index is -3.63. The van der Waals surface area contributed by atoms with Crippen LogP contribution in [0.5, 0.6) is 0 Å². The van der Waals surface area contributed by atoms with Gasteiger partial charge >= 0.3 is 0 Å². The number of sulfonamides is 1. The van der Waals surface area contributed by atoms with Crippen molar-refractivity contribution in [3.8, 4) is 0 Å². The van der Waals surface area contributed by atoms with Crippen LogP contribution in [0.25, 0.3) is 0 Å². The van der Waals surface area contributed by atoms with Crippen molar-refractivity contribution < 1.29 is 13.2 Å². The number of benzene rings is 2. The van der Waals surface area contributed by atoms with Gasteiger partial charge in [0.25, 0.3) is 0 Å². The molecule has 0 heterocycles. The van der Waals surface area contributed by atoms with Gasteiger partial charge in [0.05, 0.1) is 17.6 Å². The van der Waals surface area contributed by atoms with E-state index in [-0.39, 0.29) is 5.91 Å². The third kappa shape index (κ3) is 4.83. The van der Waals surface area contributed by atoms with Crippen LogP contribution in [0, 0.1) is 6.92 Å². The Morgan fingerprint density at radius 3 is 2.28 bits per heavy atom. The Kier molecular flexibility index (Phi) is 6.24. The number of nitrogens with zero attached hydrogens (tertiary/aromatic N) is 1. The second-order valence-electron chi connectivity index (χ2n) is 5.79. The van der Waals surface area contributed by atoms with Crippen LogP contribution in [0.1, 0.15) is 18.9 Å². The van der Waals surface area contributed by atoms with Crippen molar-refractivity contribution >= 4 is 43.2 Å². The Bertz CT molecular complexity index is 851. The second-order valence-corrected chi connectivity index (χ2v) is 8.50. The lowest BCUT2D eigenvalue weighted by Gasteiger charge is -2.30. The largest absolute Gasteiger partial charge is 0.323 e. The third-order valence-electron chi connectivity index (χ3n) is 3.75. The Morgan fingerprint density at radius 2 is 1.76 bits per heavy atom. The van der Waals surface area contributed by atoms with E-state index >= 15 is 0 Å². The molecule has 2 rings (SSSR count). The summed E-state index contributed by atoms with van der Waals surface area (Å²) in [6, 6.07) is 13.4. The zero-order valence-electron chi connectivity index (χ0n) is 14.4. The van der Waals surface area contributed by atoms with Gasteiger partial charge in [0.15, 0.2) is 0 Å². The highest BCUT2D eigenvalue weighted by atomic mass is 79.9. The number of anilines is 2. The number of para-hydroxylation sites is 1. The molecule has 5 nitrogen and oxygen atoms in total. The number of aryl methyl sites for hydroxylation is 1. The van der Waals surface area contributed by atoms with Crippen molar-refractivity contribution in [3.05, 3.63) is 58.6 Å². The van der Waals surface area contributed by atoms with Gasteiger partial charge in [-0.3, -0.25) is 9.10 Å². The van der Waals surface area contributed by atoms with Crippen LogP contribution in [-0.4, -0.2) is 26.6 Å². The number of nitrogens with one attached hydrogen (secondary N) is 1. The van der Waals surface area contributed by atoms with Crippen LogP contribution in [0.2, 0.25) is 0 Å². The van der Waals surface area contributed by atoms with Crippen LogP contribution >= 0.6 is 15.9 Å². The van der Waals surface area contributed by atoms with E-state index in [4.69, 9.17) is 0 Å². The molecule has 2 aromatic carbocycles. The quantitative estimate of drug-likeness (QED) is 0.763. The molecule has 0 bridgehead atoms. The highest BCUT2D eigenvalue weighted by Crippen LogP contribution is 2.26. The summed E-state index contributed by atoms with van der Waals surface area (Å²) in [5, 5.41) is 2.80. The lowest BCUT2D eigenvalue weighted by Crippen LogP contribution is -2.47. The Balaban J connectivity index is 2.38. The van der Waals surface area contributed by atoms with Crippen molar-refractivity contribution in [2.24, 2.45) is 0 Å². The molecule has 0 aliphatic carbocycles. The number of carbonyl (C=O) groups is 1. The number of rotatable bonds is 6. The molecular formula is C18H21BrN2O3S. The SMILES string of the molecule is CC[C@H](C(=O)Nc1ccccc1Br)N(c1ccc(C)cc1)S(C)(=O)=O. The highest BCUT2D eigenvalue weighted by molar-refractivity contribution is 9.10. The Hall–Kier alpha value is -1.86. The fraction of sp³-hybridized carbons (Fsp3) is 0.278. The van der Waals surface area contributed by atoms with Gasteiger partial charge in [-0.05, 0) is 53.5 Å². The summed E-state index contributed by atoms with van der Waals surface area (Å²) in [7, 11) is -3.63. The van der Waals surface area contributed by atoms with E-state index < -0.39 is 16.1 Å². The maximum Gasteiger partial charge on any atom is 0.248 e. The molecule has 1 amide bonds. The molecule has 7 heteroatoms. The maximum absolute atomic E-state index is 12.8. The summed E-state index contributed by atoms with van der Waals surface area (Å²) in [5.74, 6) is -0.375. The fourth-order valence-corrected chi connectivity index (χ4v) is 4.13. The van der Waals surface area contributed by atoms with Crippen LogP contribution in [-0.2, 0) is 14.8 Å². The molecule has 1 atom stereocenters. The second kappa shape index (κ2) is 8.01. The molecule has 0 saturated carbocycles. The molecule has 0 saturated heterocycles. The fourth-order valence-electron chi connectivity index (χ4n) is 2.53. The molecule has 0 aliphatic heterocycles. The monoisotopic (exact) mass is 424 g/mol. The molecule has 0 fully saturated rings. The van der Waals surface area contributed by atoms with Crippen molar-refractivity contribution in [2.45, 2.75) is 26.3 Å². The zero-order valence-corrected chi connectivity index (χ0v) is 16.8. The van der Waals surface area contributed by atoms with E-state index in [1.54, 1.807) is 31.2 Å². The summed E-state index contributed by atoms with van der Waals surface area (Å²) >= 11 is 3.38. The molecule has 0 radical (unpaired) electrons. The van der Waals surface area contributed by atoms with E-state index in [0.29, 0.717) is 17.8 Å². The molecular weight excluding hydrogens is 404 g/mol. The van der Waals surface area contributed by atoms with Crippen LogP contribution in [0.3, 0.4) is 0 Å². The van der Waals surface area contributed by atoms with Crippen LogP contribution < -0.4 is 9.62 Å². The first-order valence-electron chi connectivity index (χ1n) is 7.85. The van der Waals surface area contributed by atoms with Gasteiger partial charge in [0, 0.05) is 4.47 Å². The summed E-state index contributed by atoms with van der Waals surface area (Å²) in [6.07, 6.45) is 1.46. The molecule has 0 aliphatic rings. The molecule has 0 unspecified atom stereocenters. The molecule has 25 heavy (non-hydrogen) atoms. The highest BCUT2D eigenvalue weighted by Gasteiger charge is 2.31. The van der Waals surface area contributed by atoms with Crippen molar-refractivity contribution in [2.75, 3.05) is 15.9 Å². The molecule has 2 aromatic rings. The van der Waals surface area contributed by atoms with Crippen molar-refractivity contribution in [3.63, 3.8) is 0 Å². The third-order valence-corrected chi connectivity index (χ3v) is 5.62. The summed E-state index contributed by atoms with van der Waals surface area (Å²) < 4.78 is 26.7.